The molecule has 2 rings (SSSR count). The number of carbonyl (C=O) groups is 1. The second-order valence-corrected chi connectivity index (χ2v) is 4.57. The second kappa shape index (κ2) is 5.50. The normalized spacial score (nSPS) is 10.7. The zero-order valence-electron chi connectivity index (χ0n) is 9.81. The molecule has 0 aliphatic carbocycles. The maximum absolute atomic E-state index is 13.7. The number of aromatic nitrogens is 1. The number of hydrogen-bond donors (Lipinski definition) is 1. The van der Waals surface area contributed by atoms with Gasteiger partial charge in [-0.05, 0) is 18.2 Å². The Labute approximate surface area is 116 Å². The highest BCUT2D eigenvalue weighted by atomic mass is 79.9. The molecule has 0 unspecified atom stereocenters. The van der Waals surface area contributed by atoms with E-state index in [1.54, 1.807) is 0 Å². The lowest BCUT2D eigenvalue weighted by Crippen LogP contribution is -2.00. The molecule has 1 aromatic carbocycles. The Morgan fingerprint density at radius 3 is 2.95 bits per heavy atom. The van der Waals surface area contributed by atoms with Crippen molar-refractivity contribution in [3.05, 3.63) is 39.9 Å². The fraction of sp³-hybridized carbons (Fsp3) is 0.167. The Hall–Kier alpha value is -1.73. The molecular weight excluding hydrogens is 321 g/mol. The van der Waals surface area contributed by atoms with Gasteiger partial charge in [0, 0.05) is 11.6 Å². The van der Waals surface area contributed by atoms with Crippen LogP contribution in [0.25, 0.3) is 11.5 Å². The largest absolute Gasteiger partial charge is 0.475 e. The molecule has 0 spiro atoms. The Morgan fingerprint density at radius 2 is 2.32 bits per heavy atom. The molecule has 19 heavy (non-hydrogen) atoms. The van der Waals surface area contributed by atoms with E-state index in [1.807, 2.05) is 0 Å². The summed E-state index contributed by atoms with van der Waals surface area (Å²) in [5, 5.41) is 8.98. The van der Waals surface area contributed by atoms with Gasteiger partial charge >= 0.3 is 5.97 Å². The van der Waals surface area contributed by atoms with Crippen molar-refractivity contribution in [1.82, 2.24) is 4.98 Å². The number of nitrogens with zero attached hydrogens (tertiary/aromatic N) is 1. The van der Waals surface area contributed by atoms with Gasteiger partial charge in [0.25, 0.3) is 0 Å². The van der Waals surface area contributed by atoms with Gasteiger partial charge in [0.1, 0.15) is 11.5 Å². The number of aromatic carboxylic acids is 1. The van der Waals surface area contributed by atoms with E-state index in [4.69, 9.17) is 14.3 Å². The van der Waals surface area contributed by atoms with Crippen LogP contribution in [0.1, 0.15) is 16.2 Å². The standard InChI is InChI=1S/C12H9BrFNO4/c1-18-5-9-10(12(16)17)19-11(15-9)7-4-6(13)2-3-8(7)14/h2-4H,5H2,1H3,(H,16,17). The van der Waals surface area contributed by atoms with Crippen molar-refractivity contribution in [1.29, 1.82) is 0 Å². The van der Waals surface area contributed by atoms with Crippen molar-refractivity contribution in [3.63, 3.8) is 0 Å². The molecule has 0 amide bonds. The lowest BCUT2D eigenvalue weighted by atomic mass is 10.2. The van der Waals surface area contributed by atoms with Gasteiger partial charge in [0.2, 0.25) is 11.7 Å². The summed E-state index contributed by atoms with van der Waals surface area (Å²) in [7, 11) is 1.40. The summed E-state index contributed by atoms with van der Waals surface area (Å²) in [4.78, 5) is 15.0. The van der Waals surface area contributed by atoms with Crippen LogP contribution in [0, 0.1) is 5.82 Å². The summed E-state index contributed by atoms with van der Waals surface area (Å²) in [5.41, 5.74) is 0.198. The number of ether oxygens (including phenoxy) is 1. The highest BCUT2D eigenvalue weighted by Crippen LogP contribution is 2.27. The first-order valence-corrected chi connectivity index (χ1v) is 5.99. The summed E-state index contributed by atoms with van der Waals surface area (Å²) in [6.07, 6.45) is 0. The summed E-state index contributed by atoms with van der Waals surface area (Å²) < 4.78 is 24.2. The van der Waals surface area contributed by atoms with E-state index in [1.165, 1.54) is 25.3 Å². The van der Waals surface area contributed by atoms with Gasteiger partial charge in [0.05, 0.1) is 12.2 Å². The van der Waals surface area contributed by atoms with Gasteiger partial charge < -0.3 is 14.3 Å². The molecule has 100 valence electrons. The van der Waals surface area contributed by atoms with E-state index < -0.39 is 11.8 Å². The third kappa shape index (κ3) is 2.82. The van der Waals surface area contributed by atoms with Crippen LogP contribution in [-0.2, 0) is 11.3 Å². The van der Waals surface area contributed by atoms with E-state index >= 15 is 0 Å². The monoisotopic (exact) mass is 329 g/mol. The van der Waals surface area contributed by atoms with Crippen molar-refractivity contribution in [2.75, 3.05) is 7.11 Å². The minimum atomic E-state index is -1.28. The molecule has 1 N–H and O–H groups in total. The Bertz CT molecular complexity index is 626. The number of carboxylic acid groups (broad SMARTS) is 1. The average molecular weight is 330 g/mol. The molecule has 0 atom stereocenters. The highest BCUT2D eigenvalue weighted by molar-refractivity contribution is 9.10. The van der Waals surface area contributed by atoms with Crippen molar-refractivity contribution in [2.45, 2.75) is 6.61 Å². The van der Waals surface area contributed by atoms with Gasteiger partial charge in [-0.2, -0.15) is 0 Å². The van der Waals surface area contributed by atoms with Gasteiger partial charge in [-0.1, -0.05) is 15.9 Å². The van der Waals surface area contributed by atoms with Crippen LogP contribution in [0.15, 0.2) is 27.1 Å². The first-order chi connectivity index (χ1) is 9.02. The second-order valence-electron chi connectivity index (χ2n) is 3.66. The summed E-state index contributed by atoms with van der Waals surface area (Å²) in [6, 6.07) is 4.22. The molecule has 0 aliphatic rings. The predicted molar refractivity (Wildman–Crippen MR) is 67.3 cm³/mol. The van der Waals surface area contributed by atoms with Crippen LogP contribution < -0.4 is 0 Å². The van der Waals surface area contributed by atoms with Crippen LogP contribution in [0.3, 0.4) is 0 Å². The van der Waals surface area contributed by atoms with Gasteiger partial charge in [-0.25, -0.2) is 14.2 Å². The van der Waals surface area contributed by atoms with Crippen LogP contribution in [0.4, 0.5) is 4.39 Å². The molecule has 0 aliphatic heterocycles. The predicted octanol–water partition coefficient (Wildman–Crippen LogP) is 3.09. The third-order valence-electron chi connectivity index (χ3n) is 2.33. The van der Waals surface area contributed by atoms with Crippen molar-refractivity contribution in [3.8, 4) is 11.5 Å². The molecule has 1 heterocycles. The molecular formula is C12H9BrFNO4. The van der Waals surface area contributed by atoms with Crippen LogP contribution >= 0.6 is 15.9 Å². The Kier molecular flexibility index (Phi) is 3.96. The lowest BCUT2D eigenvalue weighted by molar-refractivity contribution is 0.0656. The molecule has 0 fully saturated rings. The minimum Gasteiger partial charge on any atom is -0.475 e. The number of halogens is 2. The average Bonchev–Trinajstić information content (AvgIpc) is 2.77. The first kappa shape index (κ1) is 13.7. The molecule has 2 aromatic rings. The summed E-state index contributed by atoms with van der Waals surface area (Å²) >= 11 is 3.20. The zero-order chi connectivity index (χ0) is 14.0. The van der Waals surface area contributed by atoms with Gasteiger partial charge in [-0.15, -0.1) is 0 Å². The Morgan fingerprint density at radius 1 is 1.58 bits per heavy atom. The Balaban J connectivity index is 2.53. The SMILES string of the molecule is COCc1nc(-c2cc(Br)ccc2F)oc1C(=O)O. The quantitative estimate of drug-likeness (QED) is 0.933. The maximum Gasteiger partial charge on any atom is 0.373 e. The van der Waals surface area contributed by atoms with Gasteiger partial charge in [0.15, 0.2) is 0 Å². The fourth-order valence-corrected chi connectivity index (χ4v) is 1.89. The topological polar surface area (TPSA) is 72.6 Å². The van der Waals surface area contributed by atoms with Crippen molar-refractivity contribution in [2.24, 2.45) is 0 Å². The van der Waals surface area contributed by atoms with E-state index in [0.29, 0.717) is 4.47 Å². The summed E-state index contributed by atoms with van der Waals surface area (Å²) in [5.74, 6) is -2.27. The van der Waals surface area contributed by atoms with E-state index in [9.17, 15) is 9.18 Å². The molecule has 1 aromatic heterocycles. The van der Waals surface area contributed by atoms with Crippen LogP contribution in [0.5, 0.6) is 0 Å². The smallest absolute Gasteiger partial charge is 0.373 e. The molecule has 0 saturated heterocycles. The fourth-order valence-electron chi connectivity index (χ4n) is 1.53. The summed E-state index contributed by atoms with van der Waals surface area (Å²) in [6.45, 7) is -0.0270. The number of hydrogen-bond acceptors (Lipinski definition) is 4. The molecule has 0 saturated carbocycles. The zero-order valence-corrected chi connectivity index (χ0v) is 11.4. The number of methoxy groups -OCH3 is 1. The minimum absolute atomic E-state index is 0.0270. The molecule has 0 radical (unpaired) electrons. The highest BCUT2D eigenvalue weighted by Gasteiger charge is 2.21. The maximum atomic E-state index is 13.7. The van der Waals surface area contributed by atoms with E-state index in [-0.39, 0.29) is 29.5 Å². The molecule has 7 heteroatoms. The number of carboxylic acids is 1. The van der Waals surface area contributed by atoms with Crippen molar-refractivity contribution < 1.29 is 23.4 Å². The van der Waals surface area contributed by atoms with Crippen molar-refractivity contribution >= 4 is 21.9 Å². The third-order valence-corrected chi connectivity index (χ3v) is 2.82. The van der Waals surface area contributed by atoms with Gasteiger partial charge in [-0.3, -0.25) is 0 Å². The number of oxazole rings is 1. The number of benzene rings is 1. The molecule has 0 bridgehead atoms. The van der Waals surface area contributed by atoms with E-state index in [0.717, 1.165) is 0 Å². The number of rotatable bonds is 4. The van der Waals surface area contributed by atoms with Crippen LogP contribution in [0.2, 0.25) is 0 Å². The molecule has 5 nitrogen and oxygen atoms in total. The van der Waals surface area contributed by atoms with Crippen LogP contribution in [-0.4, -0.2) is 23.2 Å². The lowest BCUT2D eigenvalue weighted by Gasteiger charge is -1.98. The van der Waals surface area contributed by atoms with E-state index in [2.05, 4.69) is 20.9 Å². The first-order valence-electron chi connectivity index (χ1n) is 5.20.